The zero-order valence-corrected chi connectivity index (χ0v) is 15.0. The molecule has 2 atom stereocenters. The van der Waals surface area contributed by atoms with Crippen molar-refractivity contribution in [3.8, 4) is 0 Å². The Balaban J connectivity index is 1.90. The Bertz CT molecular complexity index is 762. The molecule has 2 aromatic heterocycles. The Hall–Kier alpha value is -2.41. The lowest BCUT2D eigenvalue weighted by atomic mass is 10.2. The summed E-state index contributed by atoms with van der Waals surface area (Å²) in [4.78, 5) is 23.6. The molecule has 1 N–H and O–H groups in total. The number of aryl methyl sites for hydroxylation is 2. The van der Waals surface area contributed by atoms with Crippen LogP contribution in [0, 0.1) is 6.92 Å². The highest BCUT2D eigenvalue weighted by Gasteiger charge is 2.34. The summed E-state index contributed by atoms with van der Waals surface area (Å²) in [5.74, 6) is 0.875. The van der Waals surface area contributed by atoms with Crippen LogP contribution in [0.2, 0.25) is 0 Å². The first-order valence-corrected chi connectivity index (χ1v) is 8.75. The summed E-state index contributed by atoms with van der Waals surface area (Å²) in [6, 6.07) is 5.84. The molecule has 0 aliphatic carbocycles. The summed E-state index contributed by atoms with van der Waals surface area (Å²) in [6.07, 6.45) is 4.20. The van der Waals surface area contributed by atoms with Crippen LogP contribution >= 0.6 is 0 Å². The van der Waals surface area contributed by atoms with Crippen LogP contribution in [0.15, 0.2) is 35.5 Å². The first-order valence-electron chi connectivity index (χ1n) is 8.75. The summed E-state index contributed by atoms with van der Waals surface area (Å²) in [5.41, 5.74) is 1.21. The van der Waals surface area contributed by atoms with Gasteiger partial charge in [-0.05, 0) is 32.9 Å². The number of aromatic nitrogens is 3. The Morgan fingerprint density at radius 1 is 1.32 bits per heavy atom. The maximum absolute atomic E-state index is 12.7. The van der Waals surface area contributed by atoms with Crippen LogP contribution in [0.1, 0.15) is 26.0 Å². The second-order valence-electron chi connectivity index (χ2n) is 6.11. The number of rotatable bonds is 6. The SMILES string of the molecule is CCO[C@H]1CC(Nc2c(C)ncn(CC)c2=O)N(c2ccccn2)C1. The van der Waals surface area contributed by atoms with Gasteiger partial charge in [-0.15, -0.1) is 0 Å². The largest absolute Gasteiger partial charge is 0.377 e. The second-order valence-corrected chi connectivity index (χ2v) is 6.11. The van der Waals surface area contributed by atoms with Crippen molar-refractivity contribution in [3.63, 3.8) is 0 Å². The summed E-state index contributed by atoms with van der Waals surface area (Å²) >= 11 is 0. The molecule has 2 aromatic rings. The number of anilines is 2. The third-order valence-electron chi connectivity index (χ3n) is 4.49. The summed E-state index contributed by atoms with van der Waals surface area (Å²) in [6.45, 7) is 7.78. The number of pyridine rings is 1. The monoisotopic (exact) mass is 343 g/mol. The van der Waals surface area contributed by atoms with Gasteiger partial charge in [0.25, 0.3) is 5.56 Å². The summed E-state index contributed by atoms with van der Waals surface area (Å²) < 4.78 is 7.43. The van der Waals surface area contributed by atoms with E-state index in [4.69, 9.17) is 4.74 Å². The van der Waals surface area contributed by atoms with Gasteiger partial charge in [0, 0.05) is 32.3 Å². The van der Waals surface area contributed by atoms with E-state index in [0.29, 0.717) is 24.5 Å². The topological polar surface area (TPSA) is 72.3 Å². The zero-order chi connectivity index (χ0) is 17.8. The van der Waals surface area contributed by atoms with Crippen molar-refractivity contribution in [2.75, 3.05) is 23.4 Å². The number of nitrogens with one attached hydrogen (secondary N) is 1. The molecule has 0 amide bonds. The average molecular weight is 343 g/mol. The average Bonchev–Trinajstić information content (AvgIpc) is 3.02. The molecule has 0 aromatic carbocycles. The standard InChI is InChI=1S/C18H25N5O2/c1-4-22-12-20-13(3)17(18(22)24)21-16-10-14(25-5-2)11-23(16)15-8-6-7-9-19-15/h6-9,12,14,16,21H,4-5,10-11H2,1-3H3/t14-,16?/m0/s1. The number of hydrogen-bond acceptors (Lipinski definition) is 6. The molecule has 7 nitrogen and oxygen atoms in total. The third-order valence-corrected chi connectivity index (χ3v) is 4.49. The van der Waals surface area contributed by atoms with Gasteiger partial charge in [-0.25, -0.2) is 9.97 Å². The highest BCUT2D eigenvalue weighted by Crippen LogP contribution is 2.26. The van der Waals surface area contributed by atoms with Gasteiger partial charge in [-0.2, -0.15) is 0 Å². The summed E-state index contributed by atoms with van der Waals surface area (Å²) in [5, 5.41) is 3.40. The smallest absolute Gasteiger partial charge is 0.276 e. The first-order chi connectivity index (χ1) is 12.1. The molecule has 0 spiro atoms. The summed E-state index contributed by atoms with van der Waals surface area (Å²) in [7, 11) is 0. The van der Waals surface area contributed by atoms with Crippen LogP contribution in [0.5, 0.6) is 0 Å². The second kappa shape index (κ2) is 7.65. The minimum atomic E-state index is -0.0626. The van der Waals surface area contributed by atoms with Gasteiger partial charge in [0.2, 0.25) is 0 Å². The number of nitrogens with zero attached hydrogens (tertiary/aromatic N) is 4. The number of ether oxygens (including phenoxy) is 1. The molecule has 134 valence electrons. The Morgan fingerprint density at radius 2 is 2.16 bits per heavy atom. The maximum atomic E-state index is 12.7. The van der Waals surface area contributed by atoms with Gasteiger partial charge in [0.1, 0.15) is 17.7 Å². The number of hydrogen-bond donors (Lipinski definition) is 1. The van der Waals surface area contributed by atoms with Gasteiger partial charge in [0.05, 0.1) is 18.1 Å². The van der Waals surface area contributed by atoms with E-state index in [9.17, 15) is 4.79 Å². The Kier molecular flexibility index (Phi) is 5.33. The molecular formula is C18H25N5O2. The fourth-order valence-electron chi connectivity index (χ4n) is 3.20. The van der Waals surface area contributed by atoms with E-state index in [2.05, 4.69) is 20.2 Å². The van der Waals surface area contributed by atoms with Crippen molar-refractivity contribution in [2.24, 2.45) is 0 Å². The van der Waals surface area contributed by atoms with Crippen LogP contribution < -0.4 is 15.8 Å². The van der Waals surface area contributed by atoms with Crippen molar-refractivity contribution in [1.29, 1.82) is 0 Å². The molecule has 1 saturated heterocycles. The fraction of sp³-hybridized carbons (Fsp3) is 0.500. The first kappa shape index (κ1) is 17.4. The molecule has 1 aliphatic heterocycles. The molecule has 0 radical (unpaired) electrons. The molecule has 3 rings (SSSR count). The Labute approximate surface area is 147 Å². The van der Waals surface area contributed by atoms with E-state index in [1.165, 1.54) is 0 Å². The fourth-order valence-corrected chi connectivity index (χ4v) is 3.20. The van der Waals surface area contributed by atoms with Gasteiger partial charge >= 0.3 is 0 Å². The minimum absolute atomic E-state index is 0.0455. The van der Waals surface area contributed by atoms with Gasteiger partial charge in [-0.1, -0.05) is 6.07 Å². The highest BCUT2D eigenvalue weighted by molar-refractivity contribution is 5.51. The van der Waals surface area contributed by atoms with E-state index in [-0.39, 0.29) is 17.8 Å². The molecule has 0 saturated carbocycles. The van der Waals surface area contributed by atoms with Crippen molar-refractivity contribution < 1.29 is 4.74 Å². The molecule has 1 unspecified atom stereocenters. The molecule has 7 heteroatoms. The normalized spacial score (nSPS) is 20.0. The van der Waals surface area contributed by atoms with Gasteiger partial charge in [-0.3, -0.25) is 9.36 Å². The highest BCUT2D eigenvalue weighted by atomic mass is 16.5. The molecule has 3 heterocycles. The van der Waals surface area contributed by atoms with Crippen LogP contribution in [-0.4, -0.2) is 40.0 Å². The molecule has 25 heavy (non-hydrogen) atoms. The van der Waals surface area contributed by atoms with Crippen molar-refractivity contribution >= 4 is 11.5 Å². The molecule has 0 bridgehead atoms. The molecule has 1 aliphatic rings. The lowest BCUT2D eigenvalue weighted by Gasteiger charge is -2.27. The van der Waals surface area contributed by atoms with Gasteiger partial charge in [0.15, 0.2) is 0 Å². The van der Waals surface area contributed by atoms with Crippen molar-refractivity contribution in [1.82, 2.24) is 14.5 Å². The van der Waals surface area contributed by atoms with E-state index in [1.54, 1.807) is 17.1 Å². The van der Waals surface area contributed by atoms with E-state index >= 15 is 0 Å². The van der Waals surface area contributed by atoms with Crippen LogP contribution in [0.4, 0.5) is 11.5 Å². The molecule has 1 fully saturated rings. The maximum Gasteiger partial charge on any atom is 0.276 e. The predicted octanol–water partition coefficient (Wildman–Crippen LogP) is 2.02. The van der Waals surface area contributed by atoms with Crippen LogP contribution in [-0.2, 0) is 11.3 Å². The molecular weight excluding hydrogens is 318 g/mol. The zero-order valence-electron chi connectivity index (χ0n) is 15.0. The van der Waals surface area contributed by atoms with Crippen LogP contribution in [0.3, 0.4) is 0 Å². The predicted molar refractivity (Wildman–Crippen MR) is 97.9 cm³/mol. The van der Waals surface area contributed by atoms with Gasteiger partial charge < -0.3 is 15.0 Å². The third kappa shape index (κ3) is 3.66. The lowest BCUT2D eigenvalue weighted by molar-refractivity contribution is 0.0771. The Morgan fingerprint density at radius 3 is 2.84 bits per heavy atom. The minimum Gasteiger partial charge on any atom is -0.377 e. The quantitative estimate of drug-likeness (QED) is 0.865. The van der Waals surface area contributed by atoms with Crippen LogP contribution in [0.25, 0.3) is 0 Å². The van der Waals surface area contributed by atoms with E-state index < -0.39 is 0 Å². The van der Waals surface area contributed by atoms with E-state index in [0.717, 1.165) is 18.8 Å². The van der Waals surface area contributed by atoms with E-state index in [1.807, 2.05) is 39.0 Å². The lowest BCUT2D eigenvalue weighted by Crippen LogP contribution is -2.39. The van der Waals surface area contributed by atoms with Crippen molar-refractivity contribution in [2.45, 2.75) is 46.0 Å². The van der Waals surface area contributed by atoms with Crippen molar-refractivity contribution in [3.05, 3.63) is 46.8 Å².